The molecule has 0 aliphatic heterocycles. The van der Waals surface area contributed by atoms with Gasteiger partial charge in [-0.25, -0.2) is 10.5 Å². The number of benzene rings is 2. The summed E-state index contributed by atoms with van der Waals surface area (Å²) in [5.41, 5.74) is 5.85. The molecule has 3 rings (SSSR count). The van der Waals surface area contributed by atoms with Crippen molar-refractivity contribution in [3.63, 3.8) is 0 Å². The van der Waals surface area contributed by atoms with Crippen LogP contribution in [0.2, 0.25) is 0 Å². The zero-order chi connectivity index (χ0) is 19.1. The van der Waals surface area contributed by atoms with Gasteiger partial charge in [0.05, 0.1) is 5.51 Å². The van der Waals surface area contributed by atoms with Gasteiger partial charge in [-0.1, -0.05) is 48.5 Å². The second-order valence-corrected chi connectivity index (χ2v) is 6.58. The molecule has 6 nitrogen and oxygen atoms in total. The third-order valence-corrected chi connectivity index (χ3v) is 4.63. The smallest absolute Gasteiger partial charge is 0.275 e. The van der Waals surface area contributed by atoms with Crippen molar-refractivity contribution >= 4 is 34.9 Å². The van der Waals surface area contributed by atoms with Crippen molar-refractivity contribution in [1.82, 2.24) is 10.5 Å². The number of carbonyl (C=O) groups excluding carboxylic acids is 2. The predicted octanol–water partition coefficient (Wildman–Crippen LogP) is 3.50. The van der Waals surface area contributed by atoms with Crippen LogP contribution in [-0.4, -0.2) is 22.0 Å². The minimum absolute atomic E-state index is 0.311. The van der Waals surface area contributed by atoms with Gasteiger partial charge >= 0.3 is 0 Å². The fourth-order valence-corrected chi connectivity index (χ4v) is 3.30. The lowest BCUT2D eigenvalue weighted by Crippen LogP contribution is -2.16. The van der Waals surface area contributed by atoms with Crippen LogP contribution < -0.4 is 10.8 Å². The molecule has 27 heavy (non-hydrogen) atoms. The van der Waals surface area contributed by atoms with E-state index in [1.54, 1.807) is 29.8 Å². The Morgan fingerprint density at radius 3 is 2.59 bits per heavy atom. The third kappa shape index (κ3) is 4.87. The molecule has 1 aromatic heterocycles. The van der Waals surface area contributed by atoms with Gasteiger partial charge in [0.15, 0.2) is 0 Å². The van der Waals surface area contributed by atoms with Crippen LogP contribution in [0, 0.1) is 0 Å². The molecule has 0 bridgehead atoms. The summed E-state index contributed by atoms with van der Waals surface area (Å²) in [4.78, 5) is 29.0. The second kappa shape index (κ2) is 8.88. The molecule has 136 valence electrons. The number of thiazole rings is 1. The molecule has 1 heterocycles. The molecule has 0 fully saturated rings. The Labute approximate surface area is 160 Å². The van der Waals surface area contributed by atoms with Crippen molar-refractivity contribution in [1.29, 1.82) is 0 Å². The van der Waals surface area contributed by atoms with Gasteiger partial charge in [0.2, 0.25) is 0 Å². The quantitative estimate of drug-likeness (QED) is 0.347. The summed E-state index contributed by atoms with van der Waals surface area (Å²) in [7, 11) is 0. The maximum absolute atomic E-state index is 12.7. The number of nitrogens with zero attached hydrogens (tertiary/aromatic N) is 1. The number of hydrogen-bond donors (Lipinski definition) is 3. The molecule has 0 saturated carbocycles. The van der Waals surface area contributed by atoms with E-state index in [1.807, 2.05) is 30.3 Å². The number of anilines is 1. The van der Waals surface area contributed by atoms with Gasteiger partial charge in [0, 0.05) is 23.1 Å². The Morgan fingerprint density at radius 2 is 1.81 bits per heavy atom. The van der Waals surface area contributed by atoms with Crippen LogP contribution in [0.25, 0.3) is 6.08 Å². The molecule has 7 heteroatoms. The number of carbonyl (C=O) groups is 2. The van der Waals surface area contributed by atoms with E-state index in [0.717, 1.165) is 10.4 Å². The van der Waals surface area contributed by atoms with Crippen LogP contribution in [0.5, 0.6) is 0 Å². The second-order valence-electron chi connectivity index (χ2n) is 5.64. The van der Waals surface area contributed by atoms with Gasteiger partial charge < -0.3 is 5.32 Å². The average Bonchev–Trinajstić information content (AvgIpc) is 3.16. The fraction of sp³-hybridized carbons (Fsp3) is 0.0500. The van der Waals surface area contributed by atoms with Gasteiger partial charge in [-0.05, 0) is 23.3 Å². The lowest BCUT2D eigenvalue weighted by molar-refractivity contribution is -0.124. The molecule has 0 unspecified atom stereocenters. The van der Waals surface area contributed by atoms with Crippen molar-refractivity contribution in [3.05, 3.63) is 87.9 Å². The Morgan fingerprint density at radius 1 is 1.07 bits per heavy atom. The highest BCUT2D eigenvalue weighted by Gasteiger charge is 2.16. The first-order valence-electron chi connectivity index (χ1n) is 8.16. The maximum Gasteiger partial charge on any atom is 0.275 e. The normalized spacial score (nSPS) is 10.7. The Bertz CT molecular complexity index is 967. The summed E-state index contributed by atoms with van der Waals surface area (Å²) < 4.78 is 0. The van der Waals surface area contributed by atoms with E-state index in [4.69, 9.17) is 5.21 Å². The third-order valence-electron chi connectivity index (χ3n) is 3.80. The Hall–Kier alpha value is -3.29. The minimum Gasteiger partial charge on any atom is -0.320 e. The van der Waals surface area contributed by atoms with Crippen molar-refractivity contribution in [2.75, 3.05) is 5.32 Å². The first-order chi connectivity index (χ1) is 13.2. The van der Waals surface area contributed by atoms with E-state index < -0.39 is 5.91 Å². The largest absolute Gasteiger partial charge is 0.320 e. The molecule has 3 N–H and O–H groups in total. The number of para-hydroxylation sites is 1. The molecule has 0 aliphatic carbocycles. The first kappa shape index (κ1) is 18.5. The molecule has 0 atom stereocenters. The van der Waals surface area contributed by atoms with Gasteiger partial charge in [-0.3, -0.25) is 14.8 Å². The van der Waals surface area contributed by atoms with Crippen molar-refractivity contribution in [2.24, 2.45) is 0 Å². The van der Waals surface area contributed by atoms with E-state index in [1.165, 1.54) is 29.0 Å². The van der Waals surface area contributed by atoms with Crippen LogP contribution in [0.15, 0.2) is 66.2 Å². The van der Waals surface area contributed by atoms with Crippen LogP contribution in [0.1, 0.15) is 26.5 Å². The molecule has 0 spiro atoms. The Kier molecular flexibility index (Phi) is 6.09. The highest BCUT2D eigenvalue weighted by atomic mass is 32.1. The van der Waals surface area contributed by atoms with E-state index in [2.05, 4.69) is 10.3 Å². The minimum atomic E-state index is -0.652. The first-order valence-corrected chi connectivity index (χ1v) is 9.04. The SMILES string of the molecule is O=C(/C=C/c1ccccc1NC(=O)c1ncsc1Cc1ccccc1)NO. The standard InChI is InChI=1S/C20H17N3O3S/c24-18(23-26)11-10-15-8-4-5-9-16(15)22-20(25)19-17(27-13-21-19)12-14-6-2-1-3-7-14/h1-11,13,26H,12H2,(H,22,25)(H,23,24)/b11-10+. The monoisotopic (exact) mass is 379 g/mol. The molecule has 0 aliphatic rings. The highest BCUT2D eigenvalue weighted by molar-refractivity contribution is 7.10. The zero-order valence-electron chi connectivity index (χ0n) is 14.3. The number of rotatable bonds is 6. The van der Waals surface area contributed by atoms with Crippen molar-refractivity contribution < 1.29 is 14.8 Å². The number of hydrogen-bond acceptors (Lipinski definition) is 5. The van der Waals surface area contributed by atoms with Crippen molar-refractivity contribution in [2.45, 2.75) is 6.42 Å². The molecule has 0 radical (unpaired) electrons. The average molecular weight is 379 g/mol. The zero-order valence-corrected chi connectivity index (χ0v) is 15.1. The topological polar surface area (TPSA) is 91.3 Å². The summed E-state index contributed by atoms with van der Waals surface area (Å²) in [6, 6.07) is 16.9. The molecule has 0 saturated heterocycles. The van der Waals surface area contributed by atoms with Crippen LogP contribution >= 0.6 is 11.3 Å². The number of amides is 2. The number of aromatic nitrogens is 1. The molecular weight excluding hydrogens is 362 g/mol. The summed E-state index contributed by atoms with van der Waals surface area (Å²) >= 11 is 1.44. The van der Waals surface area contributed by atoms with E-state index in [0.29, 0.717) is 23.4 Å². The van der Waals surface area contributed by atoms with E-state index in [-0.39, 0.29) is 5.91 Å². The number of hydroxylamine groups is 1. The van der Waals surface area contributed by atoms with Crippen LogP contribution in [-0.2, 0) is 11.2 Å². The molecule has 2 aromatic carbocycles. The van der Waals surface area contributed by atoms with Gasteiger partial charge in [-0.2, -0.15) is 0 Å². The highest BCUT2D eigenvalue weighted by Crippen LogP contribution is 2.22. The van der Waals surface area contributed by atoms with Gasteiger partial charge in [-0.15, -0.1) is 11.3 Å². The lowest BCUT2D eigenvalue weighted by Gasteiger charge is -2.08. The Balaban J connectivity index is 1.78. The van der Waals surface area contributed by atoms with Gasteiger partial charge in [0.25, 0.3) is 11.8 Å². The van der Waals surface area contributed by atoms with Crippen LogP contribution in [0.3, 0.4) is 0 Å². The maximum atomic E-state index is 12.7. The van der Waals surface area contributed by atoms with Crippen LogP contribution in [0.4, 0.5) is 5.69 Å². The lowest BCUT2D eigenvalue weighted by atomic mass is 10.1. The molecule has 2 amide bonds. The summed E-state index contributed by atoms with van der Waals surface area (Å²) in [5, 5.41) is 11.4. The predicted molar refractivity (Wildman–Crippen MR) is 105 cm³/mol. The van der Waals surface area contributed by atoms with E-state index in [9.17, 15) is 9.59 Å². The van der Waals surface area contributed by atoms with Gasteiger partial charge in [0.1, 0.15) is 5.69 Å². The summed E-state index contributed by atoms with van der Waals surface area (Å²) in [6.07, 6.45) is 3.31. The summed E-state index contributed by atoms with van der Waals surface area (Å²) in [5.74, 6) is -0.963. The number of nitrogens with one attached hydrogen (secondary N) is 2. The van der Waals surface area contributed by atoms with Crippen molar-refractivity contribution in [3.8, 4) is 0 Å². The molecular formula is C20H17N3O3S. The van der Waals surface area contributed by atoms with E-state index >= 15 is 0 Å². The molecule has 3 aromatic rings. The summed E-state index contributed by atoms with van der Waals surface area (Å²) in [6.45, 7) is 0. The fourth-order valence-electron chi connectivity index (χ4n) is 2.50.